The molecule has 36 heavy (non-hydrogen) atoms. The fourth-order valence-electron chi connectivity index (χ4n) is 4.10. The van der Waals surface area contributed by atoms with Crippen molar-refractivity contribution in [3.05, 3.63) is 101 Å². The van der Waals surface area contributed by atoms with Gasteiger partial charge in [-0.2, -0.15) is 0 Å². The van der Waals surface area contributed by atoms with Crippen LogP contribution in [0.1, 0.15) is 48.6 Å². The maximum atomic E-state index is 13.7. The molecular weight excluding hydrogens is 448 g/mol. The summed E-state index contributed by atoms with van der Waals surface area (Å²) in [5.41, 5.74) is 4.65. The van der Waals surface area contributed by atoms with Crippen molar-refractivity contribution < 1.29 is 14.3 Å². The Morgan fingerprint density at radius 2 is 1.53 bits per heavy atom. The first kappa shape index (κ1) is 27.0. The van der Waals surface area contributed by atoms with Crippen LogP contribution in [0, 0.1) is 20.8 Å². The first-order valence-corrected chi connectivity index (χ1v) is 12.4. The van der Waals surface area contributed by atoms with E-state index in [9.17, 15) is 9.59 Å². The SMILES string of the molecule is Cc1cccc(CN(C(=O)COc2cc(C)ccc2C)[C@@H](Cc2ccccc2)C(=O)NC(C)(C)C)c1. The number of aryl methyl sites for hydroxylation is 3. The summed E-state index contributed by atoms with van der Waals surface area (Å²) in [4.78, 5) is 29.0. The third-order valence-electron chi connectivity index (χ3n) is 5.90. The summed E-state index contributed by atoms with van der Waals surface area (Å²) >= 11 is 0. The Labute approximate surface area is 215 Å². The molecule has 0 saturated carbocycles. The van der Waals surface area contributed by atoms with Crippen molar-refractivity contribution in [2.75, 3.05) is 6.61 Å². The number of amides is 2. The van der Waals surface area contributed by atoms with Gasteiger partial charge in [-0.15, -0.1) is 0 Å². The van der Waals surface area contributed by atoms with Crippen molar-refractivity contribution in [2.45, 2.75) is 66.1 Å². The summed E-state index contributed by atoms with van der Waals surface area (Å²) in [6.07, 6.45) is 0.407. The Morgan fingerprint density at radius 1 is 0.861 bits per heavy atom. The van der Waals surface area contributed by atoms with Gasteiger partial charge in [0.2, 0.25) is 5.91 Å². The van der Waals surface area contributed by atoms with Crippen molar-refractivity contribution in [3.8, 4) is 5.75 Å². The molecule has 0 unspecified atom stereocenters. The van der Waals surface area contributed by atoms with Gasteiger partial charge in [-0.3, -0.25) is 9.59 Å². The lowest BCUT2D eigenvalue weighted by Crippen LogP contribution is -2.55. The minimum atomic E-state index is -0.693. The van der Waals surface area contributed by atoms with Crippen molar-refractivity contribution in [1.29, 1.82) is 0 Å². The zero-order chi connectivity index (χ0) is 26.3. The maximum absolute atomic E-state index is 13.7. The fraction of sp³-hybridized carbons (Fsp3) is 0.355. The van der Waals surface area contributed by atoms with Gasteiger partial charge in [0.15, 0.2) is 6.61 Å². The monoisotopic (exact) mass is 486 g/mol. The van der Waals surface area contributed by atoms with Crippen LogP contribution in [0.2, 0.25) is 0 Å². The van der Waals surface area contributed by atoms with E-state index in [0.29, 0.717) is 18.7 Å². The van der Waals surface area contributed by atoms with Gasteiger partial charge in [0.05, 0.1) is 0 Å². The van der Waals surface area contributed by atoms with Gasteiger partial charge in [-0.25, -0.2) is 0 Å². The van der Waals surface area contributed by atoms with Gasteiger partial charge in [0.25, 0.3) is 5.91 Å². The second-order valence-corrected chi connectivity index (χ2v) is 10.5. The molecule has 1 atom stereocenters. The van der Waals surface area contributed by atoms with Gasteiger partial charge in [0.1, 0.15) is 11.8 Å². The van der Waals surface area contributed by atoms with Crippen LogP contribution in [-0.4, -0.2) is 34.9 Å². The minimum absolute atomic E-state index is 0.149. The zero-order valence-electron chi connectivity index (χ0n) is 22.3. The Hall–Kier alpha value is -3.60. The second kappa shape index (κ2) is 11.9. The summed E-state index contributed by atoms with van der Waals surface area (Å²) in [7, 11) is 0. The third-order valence-corrected chi connectivity index (χ3v) is 5.90. The molecule has 2 amide bonds. The smallest absolute Gasteiger partial charge is 0.261 e. The lowest BCUT2D eigenvalue weighted by atomic mass is 10.0. The molecule has 0 aromatic heterocycles. The molecule has 190 valence electrons. The summed E-state index contributed by atoms with van der Waals surface area (Å²) < 4.78 is 5.98. The largest absolute Gasteiger partial charge is 0.483 e. The van der Waals surface area contributed by atoms with Gasteiger partial charge in [-0.1, -0.05) is 72.3 Å². The van der Waals surface area contributed by atoms with Crippen molar-refractivity contribution in [2.24, 2.45) is 0 Å². The van der Waals surface area contributed by atoms with Gasteiger partial charge in [0, 0.05) is 18.5 Å². The molecule has 0 bridgehead atoms. The average molecular weight is 487 g/mol. The molecule has 0 aliphatic rings. The molecule has 0 spiro atoms. The molecule has 0 heterocycles. The Morgan fingerprint density at radius 3 is 2.19 bits per heavy atom. The Balaban J connectivity index is 1.95. The number of nitrogens with one attached hydrogen (secondary N) is 1. The minimum Gasteiger partial charge on any atom is -0.483 e. The lowest BCUT2D eigenvalue weighted by molar-refractivity contribution is -0.143. The van der Waals surface area contributed by atoms with Crippen molar-refractivity contribution in [3.63, 3.8) is 0 Å². The highest BCUT2D eigenvalue weighted by Crippen LogP contribution is 2.21. The van der Waals surface area contributed by atoms with Gasteiger partial charge >= 0.3 is 0 Å². The zero-order valence-corrected chi connectivity index (χ0v) is 22.3. The summed E-state index contributed by atoms with van der Waals surface area (Å²) in [6.45, 7) is 12.0. The van der Waals surface area contributed by atoms with Crippen LogP contribution in [0.5, 0.6) is 5.75 Å². The highest BCUT2D eigenvalue weighted by molar-refractivity contribution is 5.89. The van der Waals surface area contributed by atoms with Crippen LogP contribution in [0.3, 0.4) is 0 Å². The van der Waals surface area contributed by atoms with E-state index in [0.717, 1.165) is 27.8 Å². The first-order valence-electron chi connectivity index (χ1n) is 12.4. The van der Waals surface area contributed by atoms with Crippen molar-refractivity contribution in [1.82, 2.24) is 10.2 Å². The molecule has 3 aromatic rings. The topological polar surface area (TPSA) is 58.6 Å². The molecule has 3 rings (SSSR count). The number of carbonyl (C=O) groups excluding carboxylic acids is 2. The fourth-order valence-corrected chi connectivity index (χ4v) is 4.10. The molecule has 0 aliphatic heterocycles. The number of hydrogen-bond acceptors (Lipinski definition) is 3. The molecular formula is C31H38N2O3. The van der Waals surface area contributed by atoms with E-state index in [2.05, 4.69) is 5.32 Å². The number of hydrogen-bond donors (Lipinski definition) is 1. The normalized spacial score (nSPS) is 12.1. The average Bonchev–Trinajstić information content (AvgIpc) is 2.81. The van der Waals surface area contributed by atoms with E-state index < -0.39 is 11.6 Å². The van der Waals surface area contributed by atoms with Crippen molar-refractivity contribution >= 4 is 11.8 Å². The quantitative estimate of drug-likeness (QED) is 0.432. The molecule has 5 nitrogen and oxygen atoms in total. The molecule has 0 fully saturated rings. The van der Waals surface area contributed by atoms with E-state index in [1.807, 2.05) is 114 Å². The van der Waals surface area contributed by atoms with Crippen LogP contribution >= 0.6 is 0 Å². The number of rotatable bonds is 9. The molecule has 1 N–H and O–H groups in total. The number of ether oxygens (including phenoxy) is 1. The third kappa shape index (κ3) is 7.98. The molecule has 0 aliphatic carbocycles. The highest BCUT2D eigenvalue weighted by Gasteiger charge is 2.32. The van der Waals surface area contributed by atoms with Gasteiger partial charge < -0.3 is 15.0 Å². The first-order chi connectivity index (χ1) is 17.0. The Kier molecular flexibility index (Phi) is 8.92. The standard InChI is InChI=1S/C31H38N2O3/c1-22-11-10-14-26(17-22)20-33(29(34)21-36-28-18-23(2)15-16-24(28)3)27(30(35)32-31(4,5)6)19-25-12-8-7-9-13-25/h7-18,27H,19-21H2,1-6H3,(H,32,35)/t27-/m0/s1. The molecule has 5 heteroatoms. The van der Waals surface area contributed by atoms with E-state index in [4.69, 9.17) is 4.74 Å². The summed E-state index contributed by atoms with van der Waals surface area (Å²) in [5.74, 6) is 0.263. The predicted octanol–water partition coefficient (Wildman–Crippen LogP) is 5.55. The van der Waals surface area contributed by atoms with E-state index in [1.54, 1.807) is 4.90 Å². The van der Waals surface area contributed by atoms with Crippen LogP contribution in [0.4, 0.5) is 0 Å². The van der Waals surface area contributed by atoms with E-state index >= 15 is 0 Å². The van der Waals surface area contributed by atoms with E-state index in [-0.39, 0.29) is 18.4 Å². The molecule has 3 aromatic carbocycles. The number of nitrogens with zero attached hydrogens (tertiary/aromatic N) is 1. The molecule has 0 radical (unpaired) electrons. The van der Waals surface area contributed by atoms with Crippen LogP contribution in [0.15, 0.2) is 72.8 Å². The second-order valence-electron chi connectivity index (χ2n) is 10.5. The lowest BCUT2D eigenvalue weighted by Gasteiger charge is -2.34. The molecule has 0 saturated heterocycles. The summed E-state index contributed by atoms with van der Waals surface area (Å²) in [6, 6.07) is 23.1. The highest BCUT2D eigenvalue weighted by atomic mass is 16.5. The Bertz CT molecular complexity index is 1180. The van der Waals surface area contributed by atoms with Crippen LogP contribution in [-0.2, 0) is 22.6 Å². The summed E-state index contributed by atoms with van der Waals surface area (Å²) in [5, 5.41) is 3.09. The van der Waals surface area contributed by atoms with Crippen LogP contribution in [0.25, 0.3) is 0 Å². The van der Waals surface area contributed by atoms with Crippen LogP contribution < -0.4 is 10.1 Å². The van der Waals surface area contributed by atoms with Gasteiger partial charge in [-0.05, 0) is 69.9 Å². The number of benzene rings is 3. The number of carbonyl (C=O) groups is 2. The van der Waals surface area contributed by atoms with E-state index in [1.165, 1.54) is 0 Å². The predicted molar refractivity (Wildman–Crippen MR) is 145 cm³/mol. The maximum Gasteiger partial charge on any atom is 0.261 e.